The molecule has 1 aromatic heterocycles. The molecule has 0 spiro atoms. The van der Waals surface area contributed by atoms with Crippen molar-refractivity contribution >= 4 is 11.3 Å². The number of thiazole rings is 1. The van der Waals surface area contributed by atoms with Crippen LogP contribution in [0.4, 0.5) is 8.78 Å². The Hall–Kier alpha value is -1.33. The van der Waals surface area contributed by atoms with E-state index in [0.717, 1.165) is 28.2 Å². The Bertz CT molecular complexity index is 552. The van der Waals surface area contributed by atoms with E-state index in [2.05, 4.69) is 10.3 Å². The van der Waals surface area contributed by atoms with Gasteiger partial charge >= 0.3 is 0 Å². The maximum absolute atomic E-state index is 13.5. The Morgan fingerprint density at radius 2 is 2.11 bits per heavy atom. The molecule has 0 unspecified atom stereocenters. The molecule has 5 heteroatoms. The van der Waals surface area contributed by atoms with Crippen LogP contribution in [0, 0.1) is 18.6 Å². The lowest BCUT2D eigenvalue weighted by atomic mass is 10.1. The second kappa shape index (κ2) is 5.54. The van der Waals surface area contributed by atoms with Gasteiger partial charge in [-0.3, -0.25) is 0 Å². The zero-order valence-electron chi connectivity index (χ0n) is 10.3. The van der Waals surface area contributed by atoms with Crippen molar-refractivity contribution in [3.63, 3.8) is 0 Å². The minimum Gasteiger partial charge on any atom is -0.315 e. The van der Waals surface area contributed by atoms with Gasteiger partial charge < -0.3 is 5.32 Å². The van der Waals surface area contributed by atoms with Crippen molar-refractivity contribution in [1.29, 1.82) is 0 Å². The molecule has 1 heterocycles. The Labute approximate surface area is 109 Å². The lowest BCUT2D eigenvalue weighted by molar-refractivity contribution is 0.574. The molecule has 0 saturated heterocycles. The predicted molar refractivity (Wildman–Crippen MR) is 68.8 cm³/mol. The van der Waals surface area contributed by atoms with Gasteiger partial charge in [-0.15, -0.1) is 11.3 Å². The van der Waals surface area contributed by atoms with E-state index < -0.39 is 11.6 Å². The first-order valence-electron chi connectivity index (χ1n) is 5.64. The fraction of sp³-hybridized carbons (Fsp3) is 0.308. The zero-order chi connectivity index (χ0) is 13.1. The summed E-state index contributed by atoms with van der Waals surface area (Å²) in [5.74, 6) is -1.07. The number of aryl methyl sites for hydroxylation is 1. The monoisotopic (exact) mass is 268 g/mol. The lowest BCUT2D eigenvalue weighted by Gasteiger charge is -2.00. The maximum atomic E-state index is 13.5. The molecule has 1 N–H and O–H groups in total. The highest BCUT2D eigenvalue weighted by atomic mass is 32.1. The van der Waals surface area contributed by atoms with Crippen LogP contribution in [0.5, 0.6) is 0 Å². The van der Waals surface area contributed by atoms with Gasteiger partial charge in [0.05, 0.1) is 10.7 Å². The Morgan fingerprint density at radius 3 is 2.78 bits per heavy atom. The highest BCUT2D eigenvalue weighted by molar-refractivity contribution is 7.11. The van der Waals surface area contributed by atoms with Gasteiger partial charge in [0, 0.05) is 23.9 Å². The van der Waals surface area contributed by atoms with Gasteiger partial charge in [-0.05, 0) is 25.6 Å². The van der Waals surface area contributed by atoms with Crippen molar-refractivity contribution in [3.8, 4) is 0 Å². The highest BCUT2D eigenvalue weighted by Crippen LogP contribution is 2.22. The summed E-state index contributed by atoms with van der Waals surface area (Å²) in [6.07, 6.45) is 0.404. The Kier molecular flexibility index (Phi) is 4.04. The van der Waals surface area contributed by atoms with Crippen LogP contribution in [0.15, 0.2) is 18.2 Å². The number of rotatable bonds is 4. The van der Waals surface area contributed by atoms with Crippen LogP contribution in [-0.2, 0) is 13.0 Å². The van der Waals surface area contributed by atoms with E-state index in [1.165, 1.54) is 12.1 Å². The molecule has 0 atom stereocenters. The van der Waals surface area contributed by atoms with Gasteiger partial charge in [0.15, 0.2) is 0 Å². The maximum Gasteiger partial charge on any atom is 0.129 e. The van der Waals surface area contributed by atoms with Crippen LogP contribution in [0.1, 0.15) is 21.1 Å². The molecule has 0 fully saturated rings. The molecule has 2 rings (SSSR count). The van der Waals surface area contributed by atoms with Crippen LogP contribution in [-0.4, -0.2) is 12.0 Å². The molecule has 0 aliphatic carbocycles. The van der Waals surface area contributed by atoms with E-state index in [4.69, 9.17) is 0 Å². The van der Waals surface area contributed by atoms with Crippen molar-refractivity contribution < 1.29 is 8.78 Å². The Morgan fingerprint density at radius 1 is 1.33 bits per heavy atom. The summed E-state index contributed by atoms with van der Waals surface area (Å²) in [7, 11) is 1.87. The van der Waals surface area contributed by atoms with Gasteiger partial charge in [-0.2, -0.15) is 0 Å². The third kappa shape index (κ3) is 2.91. The third-order valence-electron chi connectivity index (χ3n) is 2.63. The van der Waals surface area contributed by atoms with E-state index in [0.29, 0.717) is 12.0 Å². The molecular formula is C13H14F2N2S. The molecule has 0 saturated carbocycles. The molecular weight excluding hydrogens is 254 g/mol. The molecule has 0 radical (unpaired) electrons. The molecule has 1 aromatic carbocycles. The summed E-state index contributed by atoms with van der Waals surface area (Å²) in [5, 5.41) is 3.92. The fourth-order valence-corrected chi connectivity index (χ4v) is 2.82. The predicted octanol–water partition coefficient (Wildman–Crippen LogP) is 3.04. The molecule has 2 aromatic rings. The minimum atomic E-state index is -0.553. The van der Waals surface area contributed by atoms with Crippen molar-refractivity contribution in [3.05, 3.63) is 51.0 Å². The standard InChI is InChI=1S/C13H14F2N2S/c1-8-12(7-16-2)18-13(17-8)5-9-3-4-10(14)6-11(9)15/h3-4,6,16H,5,7H2,1-2H3. The van der Waals surface area contributed by atoms with Crippen molar-refractivity contribution in [2.75, 3.05) is 7.05 Å². The second-order valence-electron chi connectivity index (χ2n) is 4.06. The van der Waals surface area contributed by atoms with Crippen LogP contribution < -0.4 is 5.32 Å². The van der Waals surface area contributed by atoms with E-state index in [-0.39, 0.29) is 0 Å². The average Bonchev–Trinajstić information content (AvgIpc) is 2.64. The number of halogens is 2. The number of aromatic nitrogens is 1. The topological polar surface area (TPSA) is 24.9 Å². The Balaban J connectivity index is 2.20. The lowest BCUT2D eigenvalue weighted by Crippen LogP contribution is -2.04. The first kappa shape index (κ1) is 13.1. The van der Waals surface area contributed by atoms with Gasteiger partial charge in [0.2, 0.25) is 0 Å². The van der Waals surface area contributed by atoms with Crippen molar-refractivity contribution in [2.45, 2.75) is 19.9 Å². The first-order chi connectivity index (χ1) is 8.60. The third-order valence-corrected chi connectivity index (χ3v) is 3.79. The number of hydrogen-bond acceptors (Lipinski definition) is 3. The van der Waals surface area contributed by atoms with Gasteiger partial charge in [-0.1, -0.05) is 6.07 Å². The smallest absolute Gasteiger partial charge is 0.129 e. The molecule has 0 aliphatic rings. The van der Waals surface area contributed by atoms with E-state index in [9.17, 15) is 8.78 Å². The average molecular weight is 268 g/mol. The van der Waals surface area contributed by atoms with Crippen LogP contribution >= 0.6 is 11.3 Å². The number of nitrogens with one attached hydrogen (secondary N) is 1. The summed E-state index contributed by atoms with van der Waals surface area (Å²) >= 11 is 1.56. The minimum absolute atomic E-state index is 0.404. The van der Waals surface area contributed by atoms with Crippen molar-refractivity contribution in [1.82, 2.24) is 10.3 Å². The normalized spacial score (nSPS) is 10.9. The number of benzene rings is 1. The molecule has 0 aliphatic heterocycles. The fourth-order valence-electron chi connectivity index (χ4n) is 1.72. The SMILES string of the molecule is CNCc1sc(Cc2ccc(F)cc2F)nc1C. The van der Waals surface area contributed by atoms with Crippen molar-refractivity contribution in [2.24, 2.45) is 0 Å². The summed E-state index contributed by atoms with van der Waals surface area (Å²) < 4.78 is 26.3. The first-order valence-corrected chi connectivity index (χ1v) is 6.45. The molecule has 96 valence electrons. The molecule has 18 heavy (non-hydrogen) atoms. The quantitative estimate of drug-likeness (QED) is 0.922. The second-order valence-corrected chi connectivity index (χ2v) is 5.23. The van der Waals surface area contributed by atoms with Crippen LogP contribution in [0.3, 0.4) is 0 Å². The number of hydrogen-bond donors (Lipinski definition) is 1. The largest absolute Gasteiger partial charge is 0.315 e. The number of nitrogens with zero attached hydrogens (tertiary/aromatic N) is 1. The van der Waals surface area contributed by atoms with Gasteiger partial charge in [-0.25, -0.2) is 13.8 Å². The van der Waals surface area contributed by atoms with Crippen LogP contribution in [0.25, 0.3) is 0 Å². The molecule has 0 bridgehead atoms. The molecule has 0 amide bonds. The zero-order valence-corrected chi connectivity index (χ0v) is 11.1. The highest BCUT2D eigenvalue weighted by Gasteiger charge is 2.10. The summed E-state index contributed by atoms with van der Waals surface area (Å²) in [4.78, 5) is 5.55. The summed E-state index contributed by atoms with van der Waals surface area (Å²) in [5.41, 5.74) is 1.44. The van der Waals surface area contributed by atoms with E-state index in [1.54, 1.807) is 11.3 Å². The van der Waals surface area contributed by atoms with Gasteiger partial charge in [0.1, 0.15) is 11.6 Å². The van der Waals surface area contributed by atoms with Crippen LogP contribution in [0.2, 0.25) is 0 Å². The summed E-state index contributed by atoms with van der Waals surface area (Å²) in [6, 6.07) is 3.65. The van der Waals surface area contributed by atoms with Gasteiger partial charge in [0.25, 0.3) is 0 Å². The molecule has 2 nitrogen and oxygen atoms in total. The van der Waals surface area contributed by atoms with E-state index >= 15 is 0 Å². The summed E-state index contributed by atoms with van der Waals surface area (Å²) in [6.45, 7) is 2.70. The van der Waals surface area contributed by atoms with E-state index in [1.807, 2.05) is 14.0 Å².